The molecule has 8 nitrogen and oxygen atoms in total. The third-order valence-electron chi connectivity index (χ3n) is 4.39. The highest BCUT2D eigenvalue weighted by atomic mass is 16.5. The van der Waals surface area contributed by atoms with Crippen LogP contribution >= 0.6 is 0 Å². The summed E-state index contributed by atoms with van der Waals surface area (Å²) in [5, 5.41) is 18.9. The van der Waals surface area contributed by atoms with Crippen molar-refractivity contribution >= 4 is 11.9 Å². The minimum Gasteiger partial charge on any atom is -0.473 e. The first-order valence-electron chi connectivity index (χ1n) is 8.02. The van der Waals surface area contributed by atoms with Crippen molar-refractivity contribution < 1.29 is 24.3 Å². The summed E-state index contributed by atoms with van der Waals surface area (Å²) in [4.78, 5) is 25.3. The Morgan fingerprint density at radius 3 is 2.39 bits per heavy atom. The predicted octanol–water partition coefficient (Wildman–Crippen LogP) is 1.38. The van der Waals surface area contributed by atoms with Gasteiger partial charge in [0.05, 0.1) is 5.92 Å². The number of nitrogens with zero attached hydrogens (tertiary/aromatic N) is 3. The maximum Gasteiger partial charge on any atom is 0.414 e. The average Bonchev–Trinajstić information content (AvgIpc) is 3.03. The Morgan fingerprint density at radius 1 is 1.26 bits per heavy atom. The Bertz CT molecular complexity index is 525. The SMILES string of the molecule is CCCCc1noc(C2CN3CCC2CC3)n1.O=C(O)C(=O)O. The Balaban J connectivity index is 0.000000277. The van der Waals surface area contributed by atoms with Gasteiger partial charge < -0.3 is 19.6 Å². The lowest BCUT2D eigenvalue weighted by Crippen LogP contribution is -2.46. The number of piperidine rings is 3. The van der Waals surface area contributed by atoms with E-state index < -0.39 is 11.9 Å². The molecule has 2 bridgehead atoms. The number of carboxylic acids is 2. The van der Waals surface area contributed by atoms with Crippen LogP contribution in [0.1, 0.15) is 50.2 Å². The monoisotopic (exact) mass is 325 g/mol. The molecule has 1 aromatic heterocycles. The molecule has 3 saturated heterocycles. The summed E-state index contributed by atoms with van der Waals surface area (Å²) in [6, 6.07) is 0. The molecule has 1 aromatic rings. The minimum atomic E-state index is -1.82. The van der Waals surface area contributed by atoms with Gasteiger partial charge in [0.2, 0.25) is 5.89 Å². The zero-order chi connectivity index (χ0) is 16.8. The number of unbranched alkanes of at least 4 members (excludes halogenated alkanes) is 1. The normalized spacial score (nSPS) is 25.5. The summed E-state index contributed by atoms with van der Waals surface area (Å²) in [5.41, 5.74) is 0. The van der Waals surface area contributed by atoms with E-state index in [-0.39, 0.29) is 0 Å². The molecular weight excluding hydrogens is 302 g/mol. The van der Waals surface area contributed by atoms with E-state index in [4.69, 9.17) is 24.3 Å². The number of carbonyl (C=O) groups is 2. The Kier molecular flexibility index (Phi) is 6.09. The molecule has 128 valence electrons. The summed E-state index contributed by atoms with van der Waals surface area (Å²) in [7, 11) is 0. The van der Waals surface area contributed by atoms with E-state index >= 15 is 0 Å². The van der Waals surface area contributed by atoms with Gasteiger partial charge in [0, 0.05) is 13.0 Å². The number of aryl methyl sites for hydroxylation is 1. The third-order valence-corrected chi connectivity index (χ3v) is 4.39. The molecule has 4 heterocycles. The molecule has 0 spiro atoms. The van der Waals surface area contributed by atoms with Crippen molar-refractivity contribution in [1.29, 1.82) is 0 Å². The molecule has 8 heteroatoms. The van der Waals surface area contributed by atoms with E-state index in [9.17, 15) is 0 Å². The molecule has 3 aliphatic rings. The number of rotatable bonds is 4. The molecule has 4 rings (SSSR count). The van der Waals surface area contributed by atoms with Gasteiger partial charge in [0.1, 0.15) is 0 Å². The van der Waals surface area contributed by atoms with Crippen LogP contribution in [0.3, 0.4) is 0 Å². The fraction of sp³-hybridized carbons (Fsp3) is 0.733. The first-order valence-corrected chi connectivity index (χ1v) is 8.02. The fourth-order valence-corrected chi connectivity index (χ4v) is 3.10. The Morgan fingerprint density at radius 2 is 1.91 bits per heavy atom. The van der Waals surface area contributed by atoms with Crippen molar-refractivity contribution in [3.8, 4) is 0 Å². The quantitative estimate of drug-likeness (QED) is 0.797. The second-order valence-electron chi connectivity index (χ2n) is 6.01. The summed E-state index contributed by atoms with van der Waals surface area (Å²) in [6.07, 6.45) is 5.90. The molecule has 0 aliphatic carbocycles. The maximum atomic E-state index is 9.10. The molecule has 3 fully saturated rings. The summed E-state index contributed by atoms with van der Waals surface area (Å²) in [6.45, 7) is 5.84. The maximum absolute atomic E-state index is 9.10. The highest BCUT2D eigenvalue weighted by molar-refractivity contribution is 6.27. The molecule has 2 N–H and O–H groups in total. The second-order valence-corrected chi connectivity index (χ2v) is 6.01. The van der Waals surface area contributed by atoms with Crippen molar-refractivity contribution in [3.05, 3.63) is 11.7 Å². The lowest BCUT2D eigenvalue weighted by atomic mass is 9.79. The predicted molar refractivity (Wildman–Crippen MR) is 80.1 cm³/mol. The molecule has 0 aromatic carbocycles. The highest BCUT2D eigenvalue weighted by Gasteiger charge is 2.37. The molecule has 1 atom stereocenters. The fourth-order valence-electron chi connectivity index (χ4n) is 3.10. The van der Waals surface area contributed by atoms with Gasteiger partial charge in [-0.2, -0.15) is 4.98 Å². The number of hydrogen-bond donors (Lipinski definition) is 2. The van der Waals surface area contributed by atoms with Gasteiger partial charge in [0.25, 0.3) is 0 Å². The van der Waals surface area contributed by atoms with E-state index in [1.807, 2.05) is 0 Å². The molecule has 0 radical (unpaired) electrons. The summed E-state index contributed by atoms with van der Waals surface area (Å²) in [5.74, 6) is -0.575. The van der Waals surface area contributed by atoms with Gasteiger partial charge in [0.15, 0.2) is 5.82 Å². The van der Waals surface area contributed by atoms with Gasteiger partial charge in [-0.1, -0.05) is 18.5 Å². The average molecular weight is 325 g/mol. The standard InChI is InChI=1S/C13H21N3O.C2H2O4/c1-2-3-4-12-14-13(17-15-12)11-9-16-7-5-10(11)6-8-16;3-1(4)2(5)6/h10-11H,2-9H2,1H3;(H,3,4)(H,5,6). The topological polar surface area (TPSA) is 117 Å². The van der Waals surface area contributed by atoms with Crippen molar-refractivity contribution in [2.75, 3.05) is 19.6 Å². The van der Waals surface area contributed by atoms with Crippen LogP contribution < -0.4 is 0 Å². The third kappa shape index (κ3) is 4.75. The van der Waals surface area contributed by atoms with Crippen LogP contribution in [0.5, 0.6) is 0 Å². The van der Waals surface area contributed by atoms with Crippen LogP contribution in [0.25, 0.3) is 0 Å². The van der Waals surface area contributed by atoms with Crippen molar-refractivity contribution in [2.24, 2.45) is 5.92 Å². The zero-order valence-electron chi connectivity index (χ0n) is 13.3. The van der Waals surface area contributed by atoms with Crippen LogP contribution in [0.15, 0.2) is 4.52 Å². The zero-order valence-corrected chi connectivity index (χ0v) is 13.3. The van der Waals surface area contributed by atoms with Gasteiger partial charge in [-0.3, -0.25) is 0 Å². The van der Waals surface area contributed by atoms with Crippen LogP contribution in [-0.2, 0) is 16.0 Å². The first-order chi connectivity index (χ1) is 11.0. The molecule has 0 saturated carbocycles. The molecule has 0 amide bonds. The van der Waals surface area contributed by atoms with E-state index in [2.05, 4.69) is 22.0 Å². The van der Waals surface area contributed by atoms with E-state index in [1.165, 1.54) is 32.4 Å². The molecule has 1 unspecified atom stereocenters. The van der Waals surface area contributed by atoms with Crippen LogP contribution in [0.2, 0.25) is 0 Å². The van der Waals surface area contributed by atoms with Crippen LogP contribution in [-0.4, -0.2) is 56.8 Å². The number of fused-ring (bicyclic) bond motifs is 3. The van der Waals surface area contributed by atoms with E-state index in [0.29, 0.717) is 5.92 Å². The smallest absolute Gasteiger partial charge is 0.414 e. The van der Waals surface area contributed by atoms with Crippen molar-refractivity contribution in [3.63, 3.8) is 0 Å². The number of hydrogen-bond acceptors (Lipinski definition) is 6. The summed E-state index contributed by atoms with van der Waals surface area (Å²) < 4.78 is 5.47. The van der Waals surface area contributed by atoms with Crippen LogP contribution in [0, 0.1) is 5.92 Å². The van der Waals surface area contributed by atoms with Gasteiger partial charge in [-0.15, -0.1) is 0 Å². The van der Waals surface area contributed by atoms with Gasteiger partial charge >= 0.3 is 11.9 Å². The number of carboxylic acid groups (broad SMARTS) is 2. The Hall–Kier alpha value is -1.96. The summed E-state index contributed by atoms with van der Waals surface area (Å²) >= 11 is 0. The highest BCUT2D eigenvalue weighted by Crippen LogP contribution is 2.38. The lowest BCUT2D eigenvalue weighted by Gasteiger charge is -2.43. The van der Waals surface area contributed by atoms with Crippen LogP contribution in [0.4, 0.5) is 0 Å². The molecule has 23 heavy (non-hydrogen) atoms. The van der Waals surface area contributed by atoms with Crippen molar-refractivity contribution in [1.82, 2.24) is 15.0 Å². The van der Waals surface area contributed by atoms with Gasteiger partial charge in [-0.05, 0) is 38.3 Å². The molecular formula is C15H23N3O5. The Labute approximate surface area is 134 Å². The minimum absolute atomic E-state index is 0.500. The largest absolute Gasteiger partial charge is 0.473 e. The number of aliphatic carboxylic acids is 2. The van der Waals surface area contributed by atoms with Gasteiger partial charge in [-0.25, -0.2) is 9.59 Å². The number of aromatic nitrogens is 2. The second kappa shape index (κ2) is 8.05. The lowest BCUT2D eigenvalue weighted by molar-refractivity contribution is -0.159. The van der Waals surface area contributed by atoms with E-state index in [1.54, 1.807) is 0 Å². The molecule has 3 aliphatic heterocycles. The first kappa shape index (κ1) is 17.4. The van der Waals surface area contributed by atoms with E-state index in [0.717, 1.165) is 37.0 Å². The van der Waals surface area contributed by atoms with Crippen molar-refractivity contribution in [2.45, 2.75) is 44.9 Å².